The molecule has 2 amide bonds. The third-order valence-corrected chi connectivity index (χ3v) is 2.97. The highest BCUT2D eigenvalue weighted by Crippen LogP contribution is 2.07. The van der Waals surface area contributed by atoms with Gasteiger partial charge >= 0.3 is 11.9 Å². The molecule has 0 atom stereocenters. The maximum atomic E-state index is 11.7. The zero-order valence-electron chi connectivity index (χ0n) is 16.3. The van der Waals surface area contributed by atoms with Crippen LogP contribution >= 0.6 is 0 Å². The van der Waals surface area contributed by atoms with Crippen molar-refractivity contribution in [1.29, 1.82) is 0 Å². The van der Waals surface area contributed by atoms with Crippen molar-refractivity contribution in [2.24, 2.45) is 0 Å². The van der Waals surface area contributed by atoms with E-state index < -0.39 is 23.0 Å². The molecule has 0 bridgehead atoms. The summed E-state index contributed by atoms with van der Waals surface area (Å²) in [5.41, 5.74) is -1.16. The first-order valence-corrected chi connectivity index (χ1v) is 7.97. The molecule has 8 nitrogen and oxygen atoms in total. The highest BCUT2D eigenvalue weighted by Gasteiger charge is 2.28. The second-order valence-corrected chi connectivity index (χ2v) is 7.39. The Hall–Kier alpha value is -2.64. The molecule has 0 aromatic heterocycles. The van der Waals surface area contributed by atoms with Crippen LogP contribution in [0.15, 0.2) is 24.3 Å². The smallest absolute Gasteiger partial charge is 0.417 e. The average molecular weight is 368 g/mol. The molecule has 0 saturated heterocycles. The molecule has 0 aromatic carbocycles. The predicted octanol–water partition coefficient (Wildman–Crippen LogP) is 1.01. The molecule has 2 N–H and O–H groups in total. The minimum absolute atomic E-state index is 0.226. The number of hydrogen-bond acceptors (Lipinski definition) is 6. The van der Waals surface area contributed by atoms with Crippen molar-refractivity contribution in [3.63, 3.8) is 0 Å². The Morgan fingerprint density at radius 1 is 0.731 bits per heavy atom. The lowest BCUT2D eigenvalue weighted by Crippen LogP contribution is -2.49. The molecule has 146 valence electrons. The van der Waals surface area contributed by atoms with Gasteiger partial charge in [-0.05, 0) is 41.5 Å². The summed E-state index contributed by atoms with van der Waals surface area (Å²) in [4.78, 5) is 46.7. The molecular formula is C18H28N2O6. The molecule has 0 unspecified atom stereocenters. The Kier molecular flexibility index (Phi) is 8.24. The van der Waals surface area contributed by atoms with Crippen molar-refractivity contribution in [2.75, 3.05) is 13.2 Å². The molecule has 0 radical (unpaired) electrons. The first-order chi connectivity index (χ1) is 11.7. The van der Waals surface area contributed by atoms with Gasteiger partial charge in [0.1, 0.15) is 13.2 Å². The van der Waals surface area contributed by atoms with E-state index >= 15 is 0 Å². The van der Waals surface area contributed by atoms with Gasteiger partial charge in [-0.2, -0.15) is 0 Å². The minimum Gasteiger partial charge on any atom is -0.455 e. The summed E-state index contributed by atoms with van der Waals surface area (Å²) in [7, 11) is 0. The molecule has 0 aromatic rings. The first-order valence-electron chi connectivity index (χ1n) is 7.97. The third kappa shape index (κ3) is 9.00. The van der Waals surface area contributed by atoms with Crippen LogP contribution in [0.1, 0.15) is 41.5 Å². The second kappa shape index (κ2) is 9.17. The van der Waals surface area contributed by atoms with E-state index in [4.69, 9.17) is 9.47 Å². The average Bonchev–Trinajstić information content (AvgIpc) is 2.49. The number of carbonyl (C=O) groups excluding carboxylic acids is 4. The van der Waals surface area contributed by atoms with Gasteiger partial charge in [-0.1, -0.05) is 13.2 Å². The third-order valence-electron chi connectivity index (χ3n) is 2.97. The second-order valence-electron chi connectivity index (χ2n) is 7.39. The molecule has 0 aliphatic carbocycles. The molecular weight excluding hydrogens is 340 g/mol. The van der Waals surface area contributed by atoms with Crippen molar-refractivity contribution >= 4 is 23.8 Å². The topological polar surface area (TPSA) is 111 Å². The number of hydrogen-bond donors (Lipinski definition) is 2. The summed E-state index contributed by atoms with van der Waals surface area (Å²) >= 11 is 0. The van der Waals surface area contributed by atoms with Crippen LogP contribution in [0.2, 0.25) is 0 Å². The molecule has 0 saturated carbocycles. The van der Waals surface area contributed by atoms with Gasteiger partial charge in [0.2, 0.25) is 11.8 Å². The fourth-order valence-corrected chi connectivity index (χ4v) is 1.51. The monoisotopic (exact) mass is 368 g/mol. The fraction of sp³-hybridized carbons (Fsp3) is 0.556. The molecule has 0 aliphatic heterocycles. The Labute approximate surface area is 154 Å². The maximum Gasteiger partial charge on any atom is 0.417 e. The Morgan fingerprint density at radius 3 is 1.23 bits per heavy atom. The van der Waals surface area contributed by atoms with E-state index in [1.54, 1.807) is 41.5 Å². The van der Waals surface area contributed by atoms with E-state index in [1.165, 1.54) is 0 Å². The number of esters is 2. The summed E-state index contributed by atoms with van der Waals surface area (Å²) < 4.78 is 9.75. The van der Waals surface area contributed by atoms with Crippen molar-refractivity contribution in [3.05, 3.63) is 24.3 Å². The van der Waals surface area contributed by atoms with Crippen LogP contribution in [0.4, 0.5) is 0 Å². The molecule has 0 rings (SSSR count). The SMILES string of the molecule is C=C(C)C(=O)NC(C)(C)COC(=O)C(=O)OCC(C)(C)NC(=O)C(=C)C. The van der Waals surface area contributed by atoms with Gasteiger partial charge in [0.05, 0.1) is 11.1 Å². The predicted molar refractivity (Wildman–Crippen MR) is 96.0 cm³/mol. The number of carbonyl (C=O) groups is 4. The lowest BCUT2D eigenvalue weighted by molar-refractivity contribution is -0.170. The number of rotatable bonds is 8. The van der Waals surface area contributed by atoms with Crippen LogP contribution in [0.5, 0.6) is 0 Å². The molecule has 8 heteroatoms. The summed E-state index contributed by atoms with van der Waals surface area (Å²) in [6.07, 6.45) is 0. The van der Waals surface area contributed by atoms with Crippen LogP contribution in [0.25, 0.3) is 0 Å². The minimum atomic E-state index is -1.19. The number of ether oxygens (including phenoxy) is 2. The van der Waals surface area contributed by atoms with Crippen LogP contribution < -0.4 is 10.6 Å². The van der Waals surface area contributed by atoms with Gasteiger partial charge in [-0.15, -0.1) is 0 Å². The van der Waals surface area contributed by atoms with E-state index in [9.17, 15) is 19.2 Å². The van der Waals surface area contributed by atoms with Crippen molar-refractivity contribution in [2.45, 2.75) is 52.6 Å². The van der Waals surface area contributed by atoms with Crippen molar-refractivity contribution < 1.29 is 28.7 Å². The van der Waals surface area contributed by atoms with Crippen LogP contribution in [-0.2, 0) is 28.7 Å². The van der Waals surface area contributed by atoms with Gasteiger partial charge in [0, 0.05) is 11.1 Å². The quantitative estimate of drug-likeness (QED) is 0.376. The van der Waals surface area contributed by atoms with E-state index in [-0.39, 0.29) is 25.0 Å². The van der Waals surface area contributed by atoms with E-state index in [0.29, 0.717) is 11.1 Å². The zero-order chi connectivity index (χ0) is 20.7. The first kappa shape index (κ1) is 23.4. The van der Waals surface area contributed by atoms with Gasteiger partial charge in [0.15, 0.2) is 0 Å². The summed E-state index contributed by atoms with van der Waals surface area (Å²) in [5, 5.41) is 5.23. The fourth-order valence-electron chi connectivity index (χ4n) is 1.51. The van der Waals surface area contributed by atoms with Crippen molar-refractivity contribution in [1.82, 2.24) is 10.6 Å². The summed E-state index contributed by atoms with van der Waals surface area (Å²) in [6, 6.07) is 0. The van der Waals surface area contributed by atoms with E-state index in [1.807, 2.05) is 0 Å². The molecule has 0 fully saturated rings. The Bertz CT molecular complexity index is 565. The highest BCUT2D eigenvalue weighted by molar-refractivity contribution is 6.29. The van der Waals surface area contributed by atoms with Gasteiger partial charge in [-0.25, -0.2) is 9.59 Å². The normalized spacial score (nSPS) is 11.2. The van der Waals surface area contributed by atoms with Gasteiger partial charge in [0.25, 0.3) is 0 Å². The standard InChI is InChI=1S/C18H28N2O6/c1-11(2)13(21)19-17(5,6)9-25-15(23)16(24)26-10-18(7,8)20-14(22)12(3)4/h1,3,9-10H2,2,4-8H3,(H,19,21)(H,20,22). The summed E-state index contributed by atoms with van der Waals surface area (Å²) in [6.45, 7) is 16.2. The molecule has 0 spiro atoms. The van der Waals surface area contributed by atoms with Crippen LogP contribution in [0.3, 0.4) is 0 Å². The molecule has 0 heterocycles. The Balaban J connectivity index is 4.50. The van der Waals surface area contributed by atoms with Crippen LogP contribution in [0, 0.1) is 0 Å². The molecule has 26 heavy (non-hydrogen) atoms. The maximum absolute atomic E-state index is 11.7. The Morgan fingerprint density at radius 2 is 1.00 bits per heavy atom. The lowest BCUT2D eigenvalue weighted by atomic mass is 10.1. The largest absolute Gasteiger partial charge is 0.455 e. The highest BCUT2D eigenvalue weighted by atomic mass is 16.6. The van der Waals surface area contributed by atoms with Gasteiger partial charge < -0.3 is 20.1 Å². The van der Waals surface area contributed by atoms with Crippen molar-refractivity contribution in [3.8, 4) is 0 Å². The lowest BCUT2D eigenvalue weighted by Gasteiger charge is -2.26. The molecule has 0 aliphatic rings. The van der Waals surface area contributed by atoms with Crippen LogP contribution in [-0.4, -0.2) is 48.0 Å². The van der Waals surface area contributed by atoms with E-state index in [0.717, 1.165) is 0 Å². The van der Waals surface area contributed by atoms with E-state index in [2.05, 4.69) is 23.8 Å². The number of nitrogens with one attached hydrogen (secondary N) is 2. The van der Waals surface area contributed by atoms with Gasteiger partial charge in [-0.3, -0.25) is 9.59 Å². The summed E-state index contributed by atoms with van der Waals surface area (Å²) in [5.74, 6) is -3.15. The number of amides is 2. The zero-order valence-corrected chi connectivity index (χ0v) is 16.3.